The van der Waals surface area contributed by atoms with Gasteiger partial charge in [-0.25, -0.2) is 13.8 Å². The molecule has 0 aromatic heterocycles. The molecule has 0 unspecified atom stereocenters. The second kappa shape index (κ2) is 7.24. The summed E-state index contributed by atoms with van der Waals surface area (Å²) in [5.41, 5.74) is 2.26. The molecular formula is C21H14ClF2N3OS. The third-order valence-electron chi connectivity index (χ3n) is 4.78. The van der Waals surface area contributed by atoms with E-state index in [1.54, 1.807) is 23.3 Å². The molecule has 29 heavy (non-hydrogen) atoms. The van der Waals surface area contributed by atoms with E-state index in [1.807, 2.05) is 30.3 Å². The molecule has 0 spiro atoms. The van der Waals surface area contributed by atoms with E-state index in [2.05, 4.69) is 9.71 Å². The van der Waals surface area contributed by atoms with Gasteiger partial charge in [0, 0.05) is 22.6 Å². The zero-order valence-electron chi connectivity index (χ0n) is 15.0. The molecule has 0 saturated heterocycles. The Morgan fingerprint density at radius 2 is 1.93 bits per heavy atom. The minimum absolute atomic E-state index is 0.129. The van der Waals surface area contributed by atoms with Crippen LogP contribution in [0.15, 0.2) is 64.5 Å². The summed E-state index contributed by atoms with van der Waals surface area (Å²) in [5.74, 6) is -0.664. The molecule has 146 valence electrons. The van der Waals surface area contributed by atoms with Crippen molar-refractivity contribution in [3.63, 3.8) is 0 Å². The SMILES string of the molecule is Fc1cc2c(c(Cc3ccccc3Cl)c1F)N=C(N1Cc3ccccc3O1)NS2. The van der Waals surface area contributed by atoms with Crippen LogP contribution in [0.4, 0.5) is 14.5 Å². The van der Waals surface area contributed by atoms with Crippen molar-refractivity contribution in [2.24, 2.45) is 4.99 Å². The van der Waals surface area contributed by atoms with Crippen LogP contribution in [0.1, 0.15) is 16.7 Å². The van der Waals surface area contributed by atoms with Crippen molar-refractivity contribution in [3.05, 3.63) is 87.9 Å². The number of rotatable bonds is 2. The van der Waals surface area contributed by atoms with Gasteiger partial charge in [-0.1, -0.05) is 48.0 Å². The van der Waals surface area contributed by atoms with Gasteiger partial charge in [0.05, 0.1) is 17.1 Å². The Hall–Kier alpha value is -2.77. The minimum Gasteiger partial charge on any atom is -0.376 e. The number of benzene rings is 3. The van der Waals surface area contributed by atoms with Crippen LogP contribution in [0.25, 0.3) is 0 Å². The van der Waals surface area contributed by atoms with Crippen LogP contribution < -0.4 is 9.56 Å². The first kappa shape index (κ1) is 18.3. The Labute approximate surface area is 175 Å². The van der Waals surface area contributed by atoms with Gasteiger partial charge in [0.1, 0.15) is 0 Å². The Morgan fingerprint density at radius 3 is 2.76 bits per heavy atom. The molecule has 3 aromatic carbocycles. The van der Waals surface area contributed by atoms with Crippen LogP contribution in [0.5, 0.6) is 5.75 Å². The molecule has 2 heterocycles. The number of hydroxylamine groups is 2. The summed E-state index contributed by atoms with van der Waals surface area (Å²) in [6, 6.07) is 15.9. The molecule has 8 heteroatoms. The highest BCUT2D eigenvalue weighted by molar-refractivity contribution is 7.98. The third kappa shape index (κ3) is 3.30. The highest BCUT2D eigenvalue weighted by Gasteiger charge is 2.29. The summed E-state index contributed by atoms with van der Waals surface area (Å²) < 4.78 is 32.0. The van der Waals surface area contributed by atoms with Gasteiger partial charge in [-0.2, -0.15) is 5.06 Å². The standard InChI is InChI=1S/C21H14ClF2N3OS/c22-15-7-3-1-5-12(15)9-14-19(24)16(23)10-18-20(14)25-21(26-29-18)27-11-13-6-2-4-8-17(13)28-27/h1-8,10H,9,11H2,(H,25,26). The van der Waals surface area contributed by atoms with Gasteiger partial charge in [0.15, 0.2) is 17.4 Å². The summed E-state index contributed by atoms with van der Waals surface area (Å²) >= 11 is 7.41. The van der Waals surface area contributed by atoms with Crippen LogP contribution in [0.3, 0.4) is 0 Å². The van der Waals surface area contributed by atoms with Crippen molar-refractivity contribution < 1.29 is 13.6 Å². The molecule has 4 nitrogen and oxygen atoms in total. The first-order valence-electron chi connectivity index (χ1n) is 8.89. The van der Waals surface area contributed by atoms with E-state index < -0.39 is 11.6 Å². The summed E-state index contributed by atoms with van der Waals surface area (Å²) in [7, 11) is 0. The molecule has 2 aliphatic rings. The first-order chi connectivity index (χ1) is 14.1. The van der Waals surface area contributed by atoms with Gasteiger partial charge in [-0.15, -0.1) is 0 Å². The second-order valence-electron chi connectivity index (χ2n) is 6.64. The summed E-state index contributed by atoms with van der Waals surface area (Å²) in [6.45, 7) is 0.501. The monoisotopic (exact) mass is 429 g/mol. The molecule has 0 atom stereocenters. The van der Waals surface area contributed by atoms with Gasteiger partial charge in [0.2, 0.25) is 5.96 Å². The molecule has 0 saturated carbocycles. The minimum atomic E-state index is -0.917. The quantitative estimate of drug-likeness (QED) is 0.537. The van der Waals surface area contributed by atoms with Crippen molar-refractivity contribution >= 4 is 35.2 Å². The lowest BCUT2D eigenvalue weighted by Gasteiger charge is -2.24. The number of nitrogens with zero attached hydrogens (tertiary/aromatic N) is 2. The van der Waals surface area contributed by atoms with Crippen molar-refractivity contribution in [2.45, 2.75) is 17.9 Å². The van der Waals surface area contributed by atoms with Crippen molar-refractivity contribution in [1.82, 2.24) is 9.79 Å². The van der Waals surface area contributed by atoms with Gasteiger partial charge in [-0.3, -0.25) is 4.72 Å². The number of aliphatic imine (C=N–C) groups is 1. The Morgan fingerprint density at radius 1 is 1.14 bits per heavy atom. The molecular weight excluding hydrogens is 416 g/mol. The molecule has 0 aliphatic carbocycles. The van der Waals surface area contributed by atoms with E-state index in [0.29, 0.717) is 33.7 Å². The zero-order valence-corrected chi connectivity index (χ0v) is 16.5. The maximum Gasteiger partial charge on any atom is 0.243 e. The maximum absolute atomic E-state index is 14.8. The van der Waals surface area contributed by atoms with E-state index in [4.69, 9.17) is 16.4 Å². The molecule has 1 N–H and O–H groups in total. The number of guanidine groups is 1. The molecule has 2 aliphatic heterocycles. The van der Waals surface area contributed by atoms with Gasteiger partial charge < -0.3 is 4.84 Å². The lowest BCUT2D eigenvalue weighted by atomic mass is 10.0. The summed E-state index contributed by atoms with van der Waals surface area (Å²) in [5, 5.41) is 2.09. The van der Waals surface area contributed by atoms with E-state index in [9.17, 15) is 8.78 Å². The van der Waals surface area contributed by atoms with E-state index >= 15 is 0 Å². The summed E-state index contributed by atoms with van der Waals surface area (Å²) in [6.07, 6.45) is 0.129. The van der Waals surface area contributed by atoms with E-state index in [0.717, 1.165) is 17.4 Å². The second-order valence-corrected chi connectivity index (χ2v) is 7.90. The van der Waals surface area contributed by atoms with Crippen LogP contribution in [-0.4, -0.2) is 11.0 Å². The lowest BCUT2D eigenvalue weighted by molar-refractivity contribution is 0.0363. The fourth-order valence-electron chi connectivity index (χ4n) is 3.32. The average Bonchev–Trinajstić information content (AvgIpc) is 3.17. The molecule has 5 rings (SSSR count). The molecule has 3 aromatic rings. The number of fused-ring (bicyclic) bond motifs is 2. The van der Waals surface area contributed by atoms with Crippen molar-refractivity contribution in [1.29, 1.82) is 0 Å². The normalized spacial score (nSPS) is 14.6. The Kier molecular flexibility index (Phi) is 4.56. The van der Waals surface area contributed by atoms with Crippen LogP contribution in [0, 0.1) is 11.6 Å². The highest BCUT2D eigenvalue weighted by Crippen LogP contribution is 2.40. The number of halogens is 3. The fourth-order valence-corrected chi connectivity index (χ4v) is 4.30. The van der Waals surface area contributed by atoms with Crippen LogP contribution in [-0.2, 0) is 13.0 Å². The number of hydrogen-bond acceptors (Lipinski definition) is 5. The fraction of sp³-hybridized carbons (Fsp3) is 0.0952. The van der Waals surface area contributed by atoms with E-state index in [1.165, 1.54) is 11.9 Å². The van der Waals surface area contributed by atoms with Gasteiger partial charge >= 0.3 is 0 Å². The average molecular weight is 430 g/mol. The molecule has 0 fully saturated rings. The maximum atomic E-state index is 14.8. The molecule has 0 amide bonds. The zero-order chi connectivity index (χ0) is 20.0. The van der Waals surface area contributed by atoms with Crippen LogP contribution in [0.2, 0.25) is 5.02 Å². The predicted molar refractivity (Wildman–Crippen MR) is 109 cm³/mol. The van der Waals surface area contributed by atoms with Gasteiger partial charge in [-0.05, 0) is 35.7 Å². The van der Waals surface area contributed by atoms with Gasteiger partial charge in [0.25, 0.3) is 0 Å². The predicted octanol–water partition coefficient (Wildman–Crippen LogP) is 5.62. The largest absolute Gasteiger partial charge is 0.376 e. The highest BCUT2D eigenvalue weighted by atomic mass is 35.5. The Balaban J connectivity index is 1.54. The first-order valence-corrected chi connectivity index (χ1v) is 10.1. The lowest BCUT2D eigenvalue weighted by Crippen LogP contribution is -2.38. The van der Waals surface area contributed by atoms with E-state index in [-0.39, 0.29) is 12.0 Å². The van der Waals surface area contributed by atoms with Crippen LogP contribution >= 0.6 is 23.5 Å². The Bertz CT molecular complexity index is 1130. The van der Waals surface area contributed by atoms with Crippen molar-refractivity contribution in [3.8, 4) is 5.75 Å². The third-order valence-corrected chi connectivity index (χ3v) is 5.96. The van der Waals surface area contributed by atoms with Crippen molar-refractivity contribution in [2.75, 3.05) is 0 Å². The summed E-state index contributed by atoms with van der Waals surface area (Å²) in [4.78, 5) is 10.9. The molecule has 0 radical (unpaired) electrons. The number of para-hydroxylation sites is 1. The topological polar surface area (TPSA) is 36.9 Å². The molecule has 0 bridgehead atoms. The number of hydrogen-bond donors (Lipinski definition) is 1. The smallest absolute Gasteiger partial charge is 0.243 e. The number of nitrogens with one attached hydrogen (secondary N) is 1.